The van der Waals surface area contributed by atoms with Gasteiger partial charge in [-0.25, -0.2) is 14.8 Å². The normalized spacial score (nSPS) is 10.2. The van der Waals surface area contributed by atoms with Gasteiger partial charge in [0.1, 0.15) is 11.9 Å². The van der Waals surface area contributed by atoms with Crippen molar-refractivity contribution in [2.24, 2.45) is 0 Å². The molecule has 2 N–H and O–H groups in total. The predicted octanol–water partition coefficient (Wildman–Crippen LogP) is 2.74. The van der Waals surface area contributed by atoms with Crippen molar-refractivity contribution in [3.63, 3.8) is 0 Å². The first-order valence-corrected chi connectivity index (χ1v) is 6.56. The van der Waals surface area contributed by atoms with Crippen molar-refractivity contribution in [2.75, 3.05) is 5.32 Å². The number of nitrogens with one attached hydrogen (secondary N) is 1. The smallest absolute Gasteiger partial charge is 0.339 e. The predicted molar refractivity (Wildman–Crippen MR) is 76.8 cm³/mol. The average molecular weight is 271 g/mol. The summed E-state index contributed by atoms with van der Waals surface area (Å²) < 4.78 is 0. The quantitative estimate of drug-likeness (QED) is 0.845. The first-order chi connectivity index (χ1) is 9.72. The first kappa shape index (κ1) is 14.0. The Bertz CT molecular complexity index is 599. The second kappa shape index (κ2) is 6.65. The van der Waals surface area contributed by atoms with Crippen molar-refractivity contribution in [3.05, 3.63) is 53.6 Å². The standard InChI is InChI=1S/C15H17N3O2/c1-2-5-11-6-3-4-7-13(11)17-9-14-12(15(19)20)8-16-10-18-14/h3-4,6-8,10,17H,2,5,9H2,1H3,(H,19,20). The molecule has 1 aromatic heterocycles. The molecule has 5 nitrogen and oxygen atoms in total. The topological polar surface area (TPSA) is 75.1 Å². The first-order valence-electron chi connectivity index (χ1n) is 6.56. The number of carboxylic acids is 1. The molecule has 0 amide bonds. The van der Waals surface area contributed by atoms with Gasteiger partial charge in [-0.1, -0.05) is 31.5 Å². The summed E-state index contributed by atoms with van der Waals surface area (Å²) in [4.78, 5) is 18.9. The number of anilines is 1. The molecule has 0 saturated carbocycles. The van der Waals surface area contributed by atoms with Crippen LogP contribution in [0.4, 0.5) is 5.69 Å². The number of carbonyl (C=O) groups is 1. The fourth-order valence-electron chi connectivity index (χ4n) is 2.03. The van der Waals surface area contributed by atoms with Gasteiger partial charge in [0.25, 0.3) is 0 Å². The van der Waals surface area contributed by atoms with Crippen LogP contribution in [0.2, 0.25) is 0 Å². The summed E-state index contributed by atoms with van der Waals surface area (Å²) in [6.07, 6.45) is 4.73. The lowest BCUT2D eigenvalue weighted by molar-refractivity contribution is 0.0694. The van der Waals surface area contributed by atoms with Gasteiger partial charge in [-0.15, -0.1) is 0 Å². The number of aryl methyl sites for hydroxylation is 1. The highest BCUT2D eigenvalue weighted by Gasteiger charge is 2.11. The van der Waals surface area contributed by atoms with Gasteiger partial charge in [0.05, 0.1) is 12.2 Å². The summed E-state index contributed by atoms with van der Waals surface area (Å²) in [6, 6.07) is 8.03. The number of hydrogen-bond donors (Lipinski definition) is 2. The van der Waals surface area contributed by atoms with Gasteiger partial charge in [-0.2, -0.15) is 0 Å². The van der Waals surface area contributed by atoms with Crippen LogP contribution >= 0.6 is 0 Å². The lowest BCUT2D eigenvalue weighted by Crippen LogP contribution is -2.10. The van der Waals surface area contributed by atoms with Gasteiger partial charge in [0.2, 0.25) is 0 Å². The van der Waals surface area contributed by atoms with E-state index in [1.165, 1.54) is 18.1 Å². The van der Waals surface area contributed by atoms with E-state index in [4.69, 9.17) is 5.11 Å². The molecule has 1 aromatic carbocycles. The van der Waals surface area contributed by atoms with E-state index >= 15 is 0 Å². The molecule has 1 heterocycles. The number of rotatable bonds is 6. The Hall–Kier alpha value is -2.43. The minimum atomic E-state index is -1.01. The van der Waals surface area contributed by atoms with E-state index in [0.717, 1.165) is 18.5 Å². The minimum Gasteiger partial charge on any atom is -0.478 e. The van der Waals surface area contributed by atoms with Crippen LogP contribution in [0.1, 0.15) is 35.0 Å². The molecule has 0 aliphatic rings. The SMILES string of the molecule is CCCc1ccccc1NCc1ncncc1C(=O)O. The van der Waals surface area contributed by atoms with E-state index in [0.29, 0.717) is 12.2 Å². The van der Waals surface area contributed by atoms with Crippen molar-refractivity contribution in [3.8, 4) is 0 Å². The Labute approximate surface area is 117 Å². The number of benzene rings is 1. The van der Waals surface area contributed by atoms with Gasteiger partial charge in [-0.05, 0) is 18.1 Å². The van der Waals surface area contributed by atoms with E-state index in [-0.39, 0.29) is 5.56 Å². The molecular formula is C15H17N3O2. The summed E-state index contributed by atoms with van der Waals surface area (Å²) in [5.74, 6) is -1.01. The van der Waals surface area contributed by atoms with E-state index in [9.17, 15) is 4.79 Å². The molecule has 0 unspecified atom stereocenters. The van der Waals surface area contributed by atoms with E-state index in [2.05, 4.69) is 28.3 Å². The van der Waals surface area contributed by atoms with Crippen molar-refractivity contribution in [1.29, 1.82) is 0 Å². The van der Waals surface area contributed by atoms with Crippen LogP contribution in [-0.2, 0) is 13.0 Å². The fourth-order valence-corrected chi connectivity index (χ4v) is 2.03. The Morgan fingerprint density at radius 3 is 2.90 bits per heavy atom. The highest BCUT2D eigenvalue weighted by Crippen LogP contribution is 2.18. The summed E-state index contributed by atoms with van der Waals surface area (Å²) in [5, 5.41) is 12.3. The summed E-state index contributed by atoms with van der Waals surface area (Å²) >= 11 is 0. The Balaban J connectivity index is 2.15. The number of carboxylic acid groups (broad SMARTS) is 1. The monoisotopic (exact) mass is 271 g/mol. The molecule has 0 aliphatic carbocycles. The van der Waals surface area contributed by atoms with Crippen LogP contribution in [0.3, 0.4) is 0 Å². The Kier molecular flexibility index (Phi) is 4.65. The van der Waals surface area contributed by atoms with Crippen molar-refractivity contribution in [1.82, 2.24) is 9.97 Å². The van der Waals surface area contributed by atoms with Crippen LogP contribution < -0.4 is 5.32 Å². The van der Waals surface area contributed by atoms with Crippen LogP contribution in [-0.4, -0.2) is 21.0 Å². The summed E-state index contributed by atoms with van der Waals surface area (Å²) in [5.41, 5.74) is 2.86. The van der Waals surface area contributed by atoms with Crippen molar-refractivity contribution >= 4 is 11.7 Å². The second-order valence-corrected chi connectivity index (χ2v) is 4.45. The zero-order chi connectivity index (χ0) is 14.4. The van der Waals surface area contributed by atoms with E-state index in [1.54, 1.807) is 0 Å². The van der Waals surface area contributed by atoms with Gasteiger partial charge in [-0.3, -0.25) is 0 Å². The summed E-state index contributed by atoms with van der Waals surface area (Å²) in [7, 11) is 0. The molecular weight excluding hydrogens is 254 g/mol. The van der Waals surface area contributed by atoms with Crippen LogP contribution in [0, 0.1) is 0 Å². The maximum atomic E-state index is 11.1. The molecule has 0 bridgehead atoms. The zero-order valence-electron chi connectivity index (χ0n) is 11.3. The maximum absolute atomic E-state index is 11.1. The molecule has 0 atom stereocenters. The number of hydrogen-bond acceptors (Lipinski definition) is 4. The van der Waals surface area contributed by atoms with Gasteiger partial charge in [0, 0.05) is 11.9 Å². The molecule has 0 radical (unpaired) electrons. The largest absolute Gasteiger partial charge is 0.478 e. The third-order valence-corrected chi connectivity index (χ3v) is 3.01. The molecule has 104 valence electrons. The van der Waals surface area contributed by atoms with Crippen LogP contribution in [0.5, 0.6) is 0 Å². The lowest BCUT2D eigenvalue weighted by atomic mass is 10.1. The van der Waals surface area contributed by atoms with Gasteiger partial charge < -0.3 is 10.4 Å². The number of aromatic nitrogens is 2. The number of para-hydroxylation sites is 1. The molecule has 0 aliphatic heterocycles. The third-order valence-electron chi connectivity index (χ3n) is 3.01. The molecule has 20 heavy (non-hydrogen) atoms. The molecule has 0 spiro atoms. The average Bonchev–Trinajstić information content (AvgIpc) is 2.47. The van der Waals surface area contributed by atoms with Gasteiger partial charge in [0.15, 0.2) is 0 Å². The number of aromatic carboxylic acids is 1. The number of nitrogens with zero attached hydrogens (tertiary/aromatic N) is 2. The van der Waals surface area contributed by atoms with Gasteiger partial charge >= 0.3 is 5.97 Å². The Morgan fingerprint density at radius 2 is 2.15 bits per heavy atom. The molecule has 0 fully saturated rings. The highest BCUT2D eigenvalue weighted by molar-refractivity contribution is 5.88. The van der Waals surface area contributed by atoms with Crippen LogP contribution in [0.15, 0.2) is 36.8 Å². The minimum absolute atomic E-state index is 0.132. The lowest BCUT2D eigenvalue weighted by Gasteiger charge is -2.12. The zero-order valence-corrected chi connectivity index (χ0v) is 11.3. The molecule has 0 saturated heterocycles. The second-order valence-electron chi connectivity index (χ2n) is 4.45. The van der Waals surface area contributed by atoms with E-state index < -0.39 is 5.97 Å². The van der Waals surface area contributed by atoms with E-state index in [1.807, 2.05) is 18.2 Å². The molecule has 2 aromatic rings. The maximum Gasteiger partial charge on any atom is 0.339 e. The van der Waals surface area contributed by atoms with Crippen LogP contribution in [0.25, 0.3) is 0 Å². The fraction of sp³-hybridized carbons (Fsp3) is 0.267. The van der Waals surface area contributed by atoms with Crippen molar-refractivity contribution < 1.29 is 9.90 Å². The Morgan fingerprint density at radius 1 is 1.35 bits per heavy atom. The third kappa shape index (κ3) is 3.32. The van der Waals surface area contributed by atoms with Crippen molar-refractivity contribution in [2.45, 2.75) is 26.3 Å². The molecule has 5 heteroatoms. The molecule has 2 rings (SSSR count). The summed E-state index contributed by atoms with van der Waals surface area (Å²) in [6.45, 7) is 2.49. The highest BCUT2D eigenvalue weighted by atomic mass is 16.4.